The summed E-state index contributed by atoms with van der Waals surface area (Å²) in [5, 5.41) is 14.0. The van der Waals surface area contributed by atoms with Gasteiger partial charge in [-0.3, -0.25) is 4.79 Å². The number of methoxy groups -OCH3 is 1. The van der Waals surface area contributed by atoms with E-state index in [1.54, 1.807) is 34.0 Å². The summed E-state index contributed by atoms with van der Waals surface area (Å²) in [4.78, 5) is 19.2. The summed E-state index contributed by atoms with van der Waals surface area (Å²) >= 11 is 0. The maximum Gasteiger partial charge on any atom is 0.262 e. The number of carbonyl (C=O) groups is 1. The van der Waals surface area contributed by atoms with E-state index in [9.17, 15) is 14.4 Å². The largest absolute Gasteiger partial charge is 0.494 e. The Morgan fingerprint density at radius 3 is 2.78 bits per heavy atom. The third-order valence-electron chi connectivity index (χ3n) is 5.64. The average molecular weight is 433 g/mol. The molecule has 0 spiro atoms. The molecule has 1 saturated carbocycles. The number of rotatable bonds is 6. The van der Waals surface area contributed by atoms with Gasteiger partial charge in [0.1, 0.15) is 23.2 Å². The van der Waals surface area contributed by atoms with Gasteiger partial charge < -0.3 is 14.4 Å². The van der Waals surface area contributed by atoms with Gasteiger partial charge in [0, 0.05) is 18.3 Å². The van der Waals surface area contributed by atoms with Crippen LogP contribution < -0.4 is 9.47 Å². The molecule has 1 aliphatic heterocycles. The van der Waals surface area contributed by atoms with Crippen molar-refractivity contribution in [1.82, 2.24) is 19.7 Å². The van der Waals surface area contributed by atoms with Gasteiger partial charge in [0.05, 0.1) is 37.7 Å². The Labute approximate surface area is 183 Å². The molecule has 1 fully saturated rings. The molecule has 2 aliphatic rings. The van der Waals surface area contributed by atoms with E-state index in [4.69, 9.17) is 9.47 Å². The summed E-state index contributed by atoms with van der Waals surface area (Å²) < 4.78 is 26.1. The summed E-state index contributed by atoms with van der Waals surface area (Å²) in [5.41, 5.74) is 2.14. The van der Waals surface area contributed by atoms with Crippen LogP contribution >= 0.6 is 0 Å². The van der Waals surface area contributed by atoms with Gasteiger partial charge in [-0.1, -0.05) is 0 Å². The van der Waals surface area contributed by atoms with Crippen LogP contribution in [0.15, 0.2) is 36.7 Å². The first-order valence-electron chi connectivity index (χ1n) is 10.3. The Hall–Kier alpha value is -3.93. The van der Waals surface area contributed by atoms with E-state index in [0.717, 1.165) is 30.3 Å². The summed E-state index contributed by atoms with van der Waals surface area (Å²) in [6.45, 7) is 1.18. The average Bonchev–Trinajstić information content (AvgIpc) is 3.42. The van der Waals surface area contributed by atoms with E-state index < -0.39 is 5.82 Å². The molecule has 0 atom stereocenters. The number of carbonyl (C=O) groups excluding carboxylic acids is 1. The van der Waals surface area contributed by atoms with Gasteiger partial charge in [0.2, 0.25) is 0 Å². The molecular weight excluding hydrogens is 413 g/mol. The van der Waals surface area contributed by atoms with Crippen LogP contribution in [0.4, 0.5) is 4.39 Å². The van der Waals surface area contributed by atoms with Gasteiger partial charge in [-0.05, 0) is 43.0 Å². The molecule has 1 aromatic carbocycles. The second-order valence-corrected chi connectivity index (χ2v) is 7.93. The molecular formula is C23H20FN5O3. The normalized spacial score (nSPS) is 14.7. The molecule has 0 bridgehead atoms. The maximum absolute atomic E-state index is 13.5. The number of ether oxygens (including phenoxy) is 2. The Bertz CT molecular complexity index is 1200. The molecule has 3 aromatic rings. The number of hydrogen-bond donors (Lipinski definition) is 0. The predicted molar refractivity (Wildman–Crippen MR) is 111 cm³/mol. The monoisotopic (exact) mass is 433 g/mol. The number of halogens is 1. The third-order valence-corrected chi connectivity index (χ3v) is 5.64. The van der Waals surface area contributed by atoms with Crippen LogP contribution in [0, 0.1) is 23.1 Å². The summed E-state index contributed by atoms with van der Waals surface area (Å²) in [6.07, 6.45) is 5.16. The summed E-state index contributed by atoms with van der Waals surface area (Å²) in [7, 11) is 1.44. The molecule has 1 aliphatic carbocycles. The molecule has 1 amide bonds. The van der Waals surface area contributed by atoms with E-state index >= 15 is 0 Å². The Morgan fingerprint density at radius 2 is 2.12 bits per heavy atom. The first kappa shape index (κ1) is 20.0. The van der Waals surface area contributed by atoms with E-state index in [2.05, 4.69) is 16.2 Å². The van der Waals surface area contributed by atoms with Crippen LogP contribution in [0.5, 0.6) is 11.5 Å². The van der Waals surface area contributed by atoms with Crippen molar-refractivity contribution >= 4 is 5.91 Å². The molecule has 2 aromatic heterocycles. The molecule has 8 nitrogen and oxygen atoms in total. The Balaban J connectivity index is 1.41. The number of benzene rings is 1. The Morgan fingerprint density at radius 1 is 1.28 bits per heavy atom. The zero-order chi connectivity index (χ0) is 22.2. The molecule has 0 radical (unpaired) electrons. The van der Waals surface area contributed by atoms with Crippen LogP contribution in [-0.4, -0.2) is 39.3 Å². The summed E-state index contributed by atoms with van der Waals surface area (Å²) in [6, 6.07) is 8.21. The SMILES string of the molecule is COc1c(C#N)ccc(OCC2CC2)c1C(=O)N1Cc2cn(-c3ccc(F)cn3)nc2C1. The van der Waals surface area contributed by atoms with Gasteiger partial charge in [0.25, 0.3) is 5.91 Å². The minimum Gasteiger partial charge on any atom is -0.494 e. The fraction of sp³-hybridized carbons (Fsp3) is 0.304. The fourth-order valence-electron chi connectivity index (χ4n) is 3.76. The van der Waals surface area contributed by atoms with E-state index in [1.807, 2.05) is 0 Å². The lowest BCUT2D eigenvalue weighted by Gasteiger charge is -2.21. The lowest BCUT2D eigenvalue weighted by atomic mass is 10.1. The van der Waals surface area contributed by atoms with Crippen molar-refractivity contribution in [2.24, 2.45) is 5.92 Å². The molecule has 3 heterocycles. The van der Waals surface area contributed by atoms with Gasteiger partial charge >= 0.3 is 0 Å². The van der Waals surface area contributed by atoms with E-state index in [0.29, 0.717) is 37.2 Å². The number of amides is 1. The lowest BCUT2D eigenvalue weighted by Crippen LogP contribution is -2.27. The van der Waals surface area contributed by atoms with Crippen molar-refractivity contribution in [3.8, 4) is 23.4 Å². The van der Waals surface area contributed by atoms with Gasteiger partial charge in [-0.15, -0.1) is 0 Å². The predicted octanol–water partition coefficient (Wildman–Crippen LogP) is 3.23. The van der Waals surface area contributed by atoms with Crippen molar-refractivity contribution in [3.05, 3.63) is 64.9 Å². The highest BCUT2D eigenvalue weighted by atomic mass is 19.1. The molecule has 32 heavy (non-hydrogen) atoms. The smallest absolute Gasteiger partial charge is 0.262 e. The first-order valence-corrected chi connectivity index (χ1v) is 10.3. The highest BCUT2D eigenvalue weighted by Gasteiger charge is 2.33. The standard InChI is InChI=1S/C23H20FN5O3/c1-31-22-15(8-25)4-6-19(32-13-14-2-3-14)21(22)23(30)28-10-16-11-29(27-18(16)12-28)20-7-5-17(24)9-26-20/h4-7,9,11,14H,2-3,10,12-13H2,1H3. The molecule has 0 unspecified atom stereocenters. The van der Waals surface area contributed by atoms with Crippen LogP contribution in [-0.2, 0) is 13.1 Å². The van der Waals surface area contributed by atoms with E-state index in [-0.39, 0.29) is 22.8 Å². The minimum absolute atomic E-state index is 0.218. The van der Waals surface area contributed by atoms with Crippen LogP contribution in [0.2, 0.25) is 0 Å². The van der Waals surface area contributed by atoms with Crippen LogP contribution in [0.1, 0.15) is 40.0 Å². The number of nitriles is 1. The second kappa shape index (κ2) is 7.96. The second-order valence-electron chi connectivity index (χ2n) is 7.93. The highest BCUT2D eigenvalue weighted by Crippen LogP contribution is 2.37. The number of fused-ring (bicyclic) bond motifs is 1. The maximum atomic E-state index is 13.5. The van der Waals surface area contributed by atoms with Gasteiger partial charge in [0.15, 0.2) is 11.6 Å². The zero-order valence-electron chi connectivity index (χ0n) is 17.4. The molecule has 5 rings (SSSR count). The molecule has 0 saturated heterocycles. The number of hydrogen-bond acceptors (Lipinski definition) is 6. The molecule has 0 N–H and O–H groups in total. The zero-order valence-corrected chi connectivity index (χ0v) is 17.4. The van der Waals surface area contributed by atoms with Crippen LogP contribution in [0.3, 0.4) is 0 Å². The number of aromatic nitrogens is 3. The van der Waals surface area contributed by atoms with Crippen molar-refractivity contribution in [2.75, 3.05) is 13.7 Å². The topological polar surface area (TPSA) is 93.3 Å². The van der Waals surface area contributed by atoms with Crippen molar-refractivity contribution in [3.63, 3.8) is 0 Å². The van der Waals surface area contributed by atoms with Crippen molar-refractivity contribution in [1.29, 1.82) is 5.26 Å². The molecule has 9 heteroatoms. The van der Waals surface area contributed by atoms with Gasteiger partial charge in [-0.2, -0.15) is 10.4 Å². The van der Waals surface area contributed by atoms with Crippen molar-refractivity contribution < 1.29 is 18.7 Å². The summed E-state index contributed by atoms with van der Waals surface area (Å²) in [5.74, 6) is 0.945. The van der Waals surface area contributed by atoms with Crippen molar-refractivity contribution in [2.45, 2.75) is 25.9 Å². The van der Waals surface area contributed by atoms with Gasteiger partial charge in [-0.25, -0.2) is 14.1 Å². The fourth-order valence-corrected chi connectivity index (χ4v) is 3.76. The number of pyridine rings is 1. The van der Waals surface area contributed by atoms with Crippen LogP contribution in [0.25, 0.3) is 5.82 Å². The number of nitrogens with zero attached hydrogens (tertiary/aromatic N) is 5. The first-order chi connectivity index (χ1) is 15.6. The minimum atomic E-state index is -0.418. The quantitative estimate of drug-likeness (QED) is 0.593. The van der Waals surface area contributed by atoms with E-state index in [1.165, 1.54) is 13.2 Å². The Kier molecular flexibility index (Phi) is 4.98. The third kappa shape index (κ3) is 3.64. The lowest BCUT2D eigenvalue weighted by molar-refractivity contribution is 0.0740. The molecule has 162 valence electrons. The highest BCUT2D eigenvalue weighted by molar-refractivity contribution is 6.00.